The standard InChI is InChI=1S/C29H28F2N2O4/c1-5-32(6-2)20-10-7-18(8-11-20)26-25(27(34)19-9-14-24(37-4)17(3)15-19)28(35)29(36)33(26)21-12-13-22(30)23(31)16-21/h7-16,26,34H,5-6H2,1-4H3/b27-25+. The van der Waals surface area contributed by atoms with Gasteiger partial charge in [0.15, 0.2) is 11.6 Å². The highest BCUT2D eigenvalue weighted by Gasteiger charge is 2.47. The van der Waals surface area contributed by atoms with E-state index in [1.807, 2.05) is 26.0 Å². The van der Waals surface area contributed by atoms with Gasteiger partial charge in [0.2, 0.25) is 0 Å². The van der Waals surface area contributed by atoms with Crippen LogP contribution in [0.5, 0.6) is 5.75 Å². The molecule has 8 heteroatoms. The summed E-state index contributed by atoms with van der Waals surface area (Å²) in [6.07, 6.45) is 0. The molecular formula is C29H28F2N2O4. The fourth-order valence-electron chi connectivity index (χ4n) is 4.69. The third kappa shape index (κ3) is 4.67. The molecule has 3 aromatic rings. The minimum Gasteiger partial charge on any atom is -0.507 e. The predicted octanol–water partition coefficient (Wildman–Crippen LogP) is 5.75. The third-order valence-electron chi connectivity index (χ3n) is 6.63. The second-order valence-electron chi connectivity index (χ2n) is 8.72. The number of Topliss-reactive ketones (excluding diaryl/α,β-unsaturated/α-hetero) is 1. The Bertz CT molecular complexity index is 1380. The van der Waals surface area contributed by atoms with E-state index in [1.165, 1.54) is 13.2 Å². The number of nitrogens with zero attached hydrogens (tertiary/aromatic N) is 2. The van der Waals surface area contributed by atoms with Crippen LogP contribution < -0.4 is 14.5 Å². The summed E-state index contributed by atoms with van der Waals surface area (Å²) < 4.78 is 33.1. The molecule has 0 spiro atoms. The highest BCUT2D eigenvalue weighted by Crippen LogP contribution is 2.43. The number of aliphatic hydroxyl groups is 1. The normalized spacial score (nSPS) is 16.8. The lowest BCUT2D eigenvalue weighted by atomic mass is 9.94. The van der Waals surface area contributed by atoms with Crippen molar-refractivity contribution in [3.8, 4) is 5.75 Å². The number of ketones is 1. The number of benzene rings is 3. The number of carbonyl (C=O) groups excluding carboxylic acids is 2. The largest absolute Gasteiger partial charge is 0.507 e. The van der Waals surface area contributed by atoms with Gasteiger partial charge in [-0.1, -0.05) is 12.1 Å². The summed E-state index contributed by atoms with van der Waals surface area (Å²) >= 11 is 0. The minimum atomic E-state index is -1.15. The van der Waals surface area contributed by atoms with E-state index >= 15 is 0 Å². The van der Waals surface area contributed by atoms with Crippen molar-refractivity contribution in [2.75, 3.05) is 30.0 Å². The molecule has 1 heterocycles. The lowest BCUT2D eigenvalue weighted by molar-refractivity contribution is -0.132. The summed E-state index contributed by atoms with van der Waals surface area (Å²) in [6, 6.07) is 14.1. The molecule has 0 radical (unpaired) electrons. The van der Waals surface area contributed by atoms with Crippen molar-refractivity contribution in [1.29, 1.82) is 0 Å². The molecule has 1 aliphatic rings. The van der Waals surface area contributed by atoms with Crippen molar-refractivity contribution < 1.29 is 28.2 Å². The van der Waals surface area contributed by atoms with Crippen molar-refractivity contribution in [2.24, 2.45) is 0 Å². The fourth-order valence-corrected chi connectivity index (χ4v) is 4.69. The maximum Gasteiger partial charge on any atom is 0.300 e. The number of ether oxygens (including phenoxy) is 1. The summed E-state index contributed by atoms with van der Waals surface area (Å²) in [5, 5.41) is 11.3. The Morgan fingerprint density at radius 2 is 1.65 bits per heavy atom. The maximum absolute atomic E-state index is 14.2. The van der Waals surface area contributed by atoms with Crippen LogP contribution in [0.4, 0.5) is 20.2 Å². The first-order valence-electron chi connectivity index (χ1n) is 12.0. The quantitative estimate of drug-likeness (QED) is 0.251. The Balaban J connectivity index is 1.91. The number of anilines is 2. The maximum atomic E-state index is 14.2. The molecular weight excluding hydrogens is 478 g/mol. The minimum absolute atomic E-state index is 0.00350. The van der Waals surface area contributed by atoms with Gasteiger partial charge in [-0.25, -0.2) is 8.78 Å². The molecule has 37 heavy (non-hydrogen) atoms. The second-order valence-corrected chi connectivity index (χ2v) is 8.72. The van der Waals surface area contributed by atoms with Gasteiger partial charge < -0.3 is 14.7 Å². The molecule has 1 saturated heterocycles. The van der Waals surface area contributed by atoms with Crippen LogP contribution in [0.15, 0.2) is 66.2 Å². The zero-order valence-electron chi connectivity index (χ0n) is 21.1. The van der Waals surface area contributed by atoms with Gasteiger partial charge >= 0.3 is 0 Å². The number of halogens is 2. The third-order valence-corrected chi connectivity index (χ3v) is 6.63. The highest BCUT2D eigenvalue weighted by molar-refractivity contribution is 6.51. The van der Waals surface area contributed by atoms with E-state index in [1.54, 1.807) is 37.3 Å². The van der Waals surface area contributed by atoms with Crippen LogP contribution in [0.1, 0.15) is 36.6 Å². The van der Waals surface area contributed by atoms with Crippen LogP contribution >= 0.6 is 0 Å². The average molecular weight is 507 g/mol. The summed E-state index contributed by atoms with van der Waals surface area (Å²) in [5.74, 6) is -3.87. The van der Waals surface area contributed by atoms with Gasteiger partial charge in [-0.3, -0.25) is 14.5 Å². The van der Waals surface area contributed by atoms with Crippen LogP contribution in [-0.2, 0) is 9.59 Å². The zero-order valence-corrected chi connectivity index (χ0v) is 21.1. The summed E-state index contributed by atoms with van der Waals surface area (Å²) in [6.45, 7) is 7.44. The number of hydrogen-bond acceptors (Lipinski definition) is 5. The van der Waals surface area contributed by atoms with Crippen molar-refractivity contribution in [3.63, 3.8) is 0 Å². The molecule has 1 aliphatic heterocycles. The molecule has 0 aromatic heterocycles. The molecule has 1 fully saturated rings. The van der Waals surface area contributed by atoms with Gasteiger partial charge in [-0.2, -0.15) is 0 Å². The number of rotatable bonds is 7. The molecule has 0 bridgehead atoms. The lowest BCUT2D eigenvalue weighted by Crippen LogP contribution is -2.29. The molecule has 0 saturated carbocycles. The number of amides is 1. The smallest absolute Gasteiger partial charge is 0.300 e. The first-order valence-corrected chi connectivity index (χ1v) is 12.0. The number of carbonyl (C=O) groups is 2. The van der Waals surface area contributed by atoms with Gasteiger partial charge in [-0.05, 0) is 74.4 Å². The Hall–Kier alpha value is -4.20. The molecule has 1 amide bonds. The van der Waals surface area contributed by atoms with E-state index in [0.29, 0.717) is 16.9 Å². The van der Waals surface area contributed by atoms with Crippen molar-refractivity contribution in [2.45, 2.75) is 26.8 Å². The predicted molar refractivity (Wildman–Crippen MR) is 139 cm³/mol. The first-order chi connectivity index (χ1) is 17.7. The lowest BCUT2D eigenvalue weighted by Gasteiger charge is -2.27. The Labute approximate surface area is 214 Å². The van der Waals surface area contributed by atoms with Crippen molar-refractivity contribution in [3.05, 3.63) is 94.6 Å². The van der Waals surface area contributed by atoms with E-state index in [2.05, 4.69) is 4.90 Å². The van der Waals surface area contributed by atoms with E-state index < -0.39 is 29.4 Å². The van der Waals surface area contributed by atoms with E-state index in [4.69, 9.17) is 4.74 Å². The van der Waals surface area contributed by atoms with Crippen LogP contribution in [0, 0.1) is 18.6 Å². The van der Waals surface area contributed by atoms with Crippen LogP contribution in [0.2, 0.25) is 0 Å². The Morgan fingerprint density at radius 1 is 0.973 bits per heavy atom. The number of aryl methyl sites for hydroxylation is 1. The summed E-state index contributed by atoms with van der Waals surface area (Å²) in [7, 11) is 1.52. The molecule has 3 aromatic carbocycles. The van der Waals surface area contributed by atoms with Crippen LogP contribution in [-0.4, -0.2) is 37.0 Å². The topological polar surface area (TPSA) is 70.1 Å². The van der Waals surface area contributed by atoms with E-state index in [9.17, 15) is 23.5 Å². The monoisotopic (exact) mass is 506 g/mol. The van der Waals surface area contributed by atoms with E-state index in [0.717, 1.165) is 41.4 Å². The number of aliphatic hydroxyl groups excluding tert-OH is 1. The molecule has 1 atom stereocenters. The van der Waals surface area contributed by atoms with Gasteiger partial charge in [0.1, 0.15) is 11.5 Å². The van der Waals surface area contributed by atoms with Gasteiger partial charge in [0, 0.05) is 36.1 Å². The van der Waals surface area contributed by atoms with Gasteiger partial charge in [0.25, 0.3) is 11.7 Å². The van der Waals surface area contributed by atoms with Gasteiger partial charge in [0.05, 0.1) is 18.7 Å². The summed E-state index contributed by atoms with van der Waals surface area (Å²) in [4.78, 5) is 29.8. The van der Waals surface area contributed by atoms with E-state index in [-0.39, 0.29) is 17.0 Å². The van der Waals surface area contributed by atoms with Crippen LogP contribution in [0.3, 0.4) is 0 Å². The van der Waals surface area contributed by atoms with Crippen LogP contribution in [0.25, 0.3) is 5.76 Å². The first kappa shape index (κ1) is 25.9. The average Bonchev–Trinajstić information content (AvgIpc) is 3.16. The molecule has 4 rings (SSSR count). The fraction of sp³-hybridized carbons (Fsp3) is 0.241. The molecule has 192 valence electrons. The Morgan fingerprint density at radius 3 is 2.22 bits per heavy atom. The van der Waals surface area contributed by atoms with Crippen molar-refractivity contribution >= 4 is 28.8 Å². The second kappa shape index (κ2) is 10.4. The SMILES string of the molecule is CCN(CC)c1ccc(C2/C(=C(\O)c3ccc(OC)c(C)c3)C(=O)C(=O)N2c2ccc(F)c(F)c2)cc1. The molecule has 6 nitrogen and oxygen atoms in total. The Kier molecular flexibility index (Phi) is 7.29. The van der Waals surface area contributed by atoms with Gasteiger partial charge in [-0.15, -0.1) is 0 Å². The number of methoxy groups -OCH3 is 1. The number of hydrogen-bond donors (Lipinski definition) is 1. The molecule has 0 aliphatic carbocycles. The highest BCUT2D eigenvalue weighted by atomic mass is 19.2. The molecule has 1 N–H and O–H groups in total. The molecule has 1 unspecified atom stereocenters. The summed E-state index contributed by atoms with van der Waals surface area (Å²) in [5.41, 5.74) is 2.39. The van der Waals surface area contributed by atoms with Crippen molar-refractivity contribution in [1.82, 2.24) is 0 Å². The zero-order chi connectivity index (χ0) is 26.9.